The van der Waals surface area contributed by atoms with Crippen LogP contribution in [0.1, 0.15) is 43.4 Å². The number of halogens is 2. The van der Waals surface area contributed by atoms with Crippen LogP contribution in [0, 0.1) is 19.7 Å². The molecule has 1 N–H and O–H groups in total. The maximum absolute atomic E-state index is 14.6. The Kier molecular flexibility index (Phi) is 10.7. The lowest BCUT2D eigenvalue weighted by molar-refractivity contribution is -0.139. The van der Waals surface area contributed by atoms with Gasteiger partial charge in [-0.1, -0.05) is 60.8 Å². The average Bonchev–Trinajstić information content (AvgIpc) is 2.91. The van der Waals surface area contributed by atoms with Gasteiger partial charge in [-0.05, 0) is 69.2 Å². The van der Waals surface area contributed by atoms with Crippen molar-refractivity contribution >= 4 is 39.1 Å². The van der Waals surface area contributed by atoms with Gasteiger partial charge in [0, 0.05) is 23.7 Å². The molecule has 0 spiro atoms. The SMILES string of the molecule is CCCCNC(=O)C(C)N(Cc1ccccc1F)C(=O)CN(c1ccc(Cl)cc1C)S(=O)(=O)c1ccc(C)cc1. The van der Waals surface area contributed by atoms with Crippen molar-refractivity contribution in [3.05, 3.63) is 94.3 Å². The number of nitrogens with zero attached hydrogens (tertiary/aromatic N) is 2. The number of carbonyl (C=O) groups excluding carboxylic acids is 2. The molecule has 10 heteroatoms. The number of nitrogens with one attached hydrogen (secondary N) is 1. The fourth-order valence-corrected chi connectivity index (χ4v) is 5.88. The Balaban J connectivity index is 2.04. The van der Waals surface area contributed by atoms with Gasteiger partial charge in [-0.3, -0.25) is 13.9 Å². The number of carbonyl (C=O) groups is 2. The smallest absolute Gasteiger partial charge is 0.264 e. The van der Waals surface area contributed by atoms with E-state index in [0.717, 1.165) is 22.7 Å². The molecule has 0 aliphatic heterocycles. The van der Waals surface area contributed by atoms with E-state index in [4.69, 9.17) is 11.6 Å². The first-order chi connectivity index (χ1) is 18.9. The Morgan fingerprint density at radius 2 is 1.70 bits per heavy atom. The molecule has 2 amide bonds. The molecule has 0 aromatic heterocycles. The van der Waals surface area contributed by atoms with Gasteiger partial charge in [0.25, 0.3) is 10.0 Å². The number of amides is 2. The third-order valence-electron chi connectivity index (χ3n) is 6.61. The topological polar surface area (TPSA) is 86.8 Å². The van der Waals surface area contributed by atoms with Crippen LogP contribution in [-0.2, 0) is 26.2 Å². The standard InChI is InChI=1S/C30H35ClFN3O4S/c1-5-6-17-33-30(37)23(4)34(19-24-9-7-8-10-27(24)32)29(36)20-35(28-16-13-25(31)18-22(28)3)40(38,39)26-14-11-21(2)12-15-26/h7-16,18,23H,5-6,17,19-20H2,1-4H3,(H,33,37). The van der Waals surface area contributed by atoms with Gasteiger partial charge in [-0.25, -0.2) is 12.8 Å². The van der Waals surface area contributed by atoms with E-state index in [0.29, 0.717) is 17.1 Å². The van der Waals surface area contributed by atoms with Crippen LogP contribution >= 0.6 is 11.6 Å². The van der Waals surface area contributed by atoms with Crippen LogP contribution < -0.4 is 9.62 Å². The van der Waals surface area contributed by atoms with Gasteiger partial charge in [0.2, 0.25) is 11.8 Å². The van der Waals surface area contributed by atoms with Crippen molar-refractivity contribution in [3.8, 4) is 0 Å². The normalized spacial score (nSPS) is 12.1. The van der Waals surface area contributed by atoms with Crippen molar-refractivity contribution in [3.63, 3.8) is 0 Å². The van der Waals surface area contributed by atoms with E-state index in [9.17, 15) is 22.4 Å². The highest BCUT2D eigenvalue weighted by molar-refractivity contribution is 7.92. The van der Waals surface area contributed by atoms with Crippen LogP contribution in [-0.4, -0.2) is 44.3 Å². The second-order valence-electron chi connectivity index (χ2n) is 9.69. The van der Waals surface area contributed by atoms with Gasteiger partial charge in [-0.2, -0.15) is 0 Å². The van der Waals surface area contributed by atoms with Crippen molar-refractivity contribution in [2.24, 2.45) is 0 Å². The maximum Gasteiger partial charge on any atom is 0.264 e. The molecule has 3 aromatic rings. The zero-order valence-corrected chi connectivity index (χ0v) is 24.7. The van der Waals surface area contributed by atoms with Crippen molar-refractivity contribution in [2.75, 3.05) is 17.4 Å². The molecule has 0 bridgehead atoms. The monoisotopic (exact) mass is 587 g/mol. The molecular formula is C30H35ClFN3O4S. The number of hydrogen-bond acceptors (Lipinski definition) is 4. The van der Waals surface area contributed by atoms with E-state index < -0.39 is 40.2 Å². The van der Waals surface area contributed by atoms with E-state index in [1.807, 2.05) is 13.8 Å². The lowest BCUT2D eigenvalue weighted by Crippen LogP contribution is -2.51. The van der Waals surface area contributed by atoms with Crippen LogP contribution in [0.2, 0.25) is 5.02 Å². The third kappa shape index (κ3) is 7.61. The van der Waals surface area contributed by atoms with Crippen LogP contribution in [0.3, 0.4) is 0 Å². The minimum absolute atomic E-state index is 0.00580. The summed E-state index contributed by atoms with van der Waals surface area (Å²) in [6.45, 7) is 6.68. The summed E-state index contributed by atoms with van der Waals surface area (Å²) >= 11 is 6.14. The number of unbranched alkanes of at least 4 members (excludes halogenated alkanes) is 1. The van der Waals surface area contributed by atoms with E-state index in [1.165, 1.54) is 35.2 Å². The van der Waals surface area contributed by atoms with Gasteiger partial charge >= 0.3 is 0 Å². The van der Waals surface area contributed by atoms with Gasteiger partial charge in [-0.15, -0.1) is 0 Å². The molecule has 1 unspecified atom stereocenters. The molecule has 0 saturated heterocycles. The molecule has 0 radical (unpaired) electrons. The third-order valence-corrected chi connectivity index (χ3v) is 8.62. The predicted molar refractivity (Wildman–Crippen MR) is 156 cm³/mol. The summed E-state index contributed by atoms with van der Waals surface area (Å²) in [6, 6.07) is 16.0. The quantitative estimate of drug-likeness (QED) is 0.279. The second-order valence-corrected chi connectivity index (χ2v) is 12.0. The number of hydrogen-bond donors (Lipinski definition) is 1. The van der Waals surface area contributed by atoms with E-state index in [-0.39, 0.29) is 22.7 Å². The van der Waals surface area contributed by atoms with Crippen LogP contribution in [0.5, 0.6) is 0 Å². The Morgan fingerprint density at radius 1 is 1.02 bits per heavy atom. The highest BCUT2D eigenvalue weighted by atomic mass is 35.5. The summed E-state index contributed by atoms with van der Waals surface area (Å²) < 4.78 is 43.5. The average molecular weight is 588 g/mol. The zero-order chi connectivity index (χ0) is 29.4. The molecule has 0 heterocycles. The molecule has 7 nitrogen and oxygen atoms in total. The summed E-state index contributed by atoms with van der Waals surface area (Å²) in [5.41, 5.74) is 1.90. The second kappa shape index (κ2) is 13.8. The first-order valence-electron chi connectivity index (χ1n) is 13.1. The Hall–Kier alpha value is -3.43. The van der Waals surface area contributed by atoms with Gasteiger partial charge in [0.1, 0.15) is 18.4 Å². The Bertz CT molecular complexity index is 1450. The van der Waals surface area contributed by atoms with Crippen molar-refractivity contribution in [1.29, 1.82) is 0 Å². The van der Waals surface area contributed by atoms with Crippen molar-refractivity contribution in [2.45, 2.75) is 58.0 Å². The lowest BCUT2D eigenvalue weighted by Gasteiger charge is -2.32. The number of anilines is 1. The highest BCUT2D eigenvalue weighted by Gasteiger charge is 2.33. The molecular weight excluding hydrogens is 553 g/mol. The van der Waals surface area contributed by atoms with E-state index in [2.05, 4.69) is 5.32 Å². The van der Waals surface area contributed by atoms with Crippen LogP contribution in [0.25, 0.3) is 0 Å². The molecule has 0 saturated carbocycles. The summed E-state index contributed by atoms with van der Waals surface area (Å²) in [7, 11) is -4.21. The summed E-state index contributed by atoms with van der Waals surface area (Å²) in [6.07, 6.45) is 1.64. The maximum atomic E-state index is 14.6. The first-order valence-corrected chi connectivity index (χ1v) is 14.9. The van der Waals surface area contributed by atoms with Gasteiger partial charge in [0.15, 0.2) is 0 Å². The number of benzene rings is 3. The Labute approximate surface area is 241 Å². The zero-order valence-electron chi connectivity index (χ0n) is 23.2. The lowest BCUT2D eigenvalue weighted by atomic mass is 10.1. The van der Waals surface area contributed by atoms with E-state index >= 15 is 0 Å². The molecule has 3 aromatic carbocycles. The summed E-state index contributed by atoms with van der Waals surface area (Å²) in [4.78, 5) is 28.1. The van der Waals surface area contributed by atoms with Crippen LogP contribution in [0.4, 0.5) is 10.1 Å². The number of sulfonamides is 1. The molecule has 0 aliphatic rings. The van der Waals surface area contributed by atoms with Gasteiger partial charge < -0.3 is 10.2 Å². The fourth-order valence-electron chi connectivity index (χ4n) is 4.18. The minimum Gasteiger partial charge on any atom is -0.354 e. The molecule has 1 atom stereocenters. The largest absolute Gasteiger partial charge is 0.354 e. The van der Waals surface area contributed by atoms with Crippen molar-refractivity contribution in [1.82, 2.24) is 10.2 Å². The minimum atomic E-state index is -4.21. The summed E-state index contributed by atoms with van der Waals surface area (Å²) in [5.74, 6) is -1.60. The predicted octanol–water partition coefficient (Wildman–Crippen LogP) is 5.62. The molecule has 0 aliphatic carbocycles. The molecule has 214 valence electrons. The van der Waals surface area contributed by atoms with Crippen molar-refractivity contribution < 1.29 is 22.4 Å². The Morgan fingerprint density at radius 3 is 2.33 bits per heavy atom. The highest BCUT2D eigenvalue weighted by Crippen LogP contribution is 2.29. The molecule has 3 rings (SSSR count). The first kappa shape index (κ1) is 31.1. The molecule has 0 fully saturated rings. The molecule has 40 heavy (non-hydrogen) atoms. The summed E-state index contributed by atoms with van der Waals surface area (Å²) in [5, 5.41) is 3.22. The number of rotatable bonds is 12. The fraction of sp³-hybridized carbons (Fsp3) is 0.333. The number of aryl methyl sites for hydroxylation is 2. The van der Waals surface area contributed by atoms with E-state index in [1.54, 1.807) is 50.2 Å². The van der Waals surface area contributed by atoms with Gasteiger partial charge in [0.05, 0.1) is 10.6 Å². The van der Waals surface area contributed by atoms with Crippen LogP contribution in [0.15, 0.2) is 71.6 Å².